The van der Waals surface area contributed by atoms with Gasteiger partial charge in [-0.25, -0.2) is 4.52 Å². The molecule has 2 aromatic heterocycles. The molecule has 144 valence electrons. The highest BCUT2D eigenvalue weighted by molar-refractivity contribution is 5.76. The van der Waals surface area contributed by atoms with Gasteiger partial charge in [-0.15, -0.1) is 5.10 Å². The van der Waals surface area contributed by atoms with Gasteiger partial charge in [-0.2, -0.15) is 4.98 Å². The molecule has 0 radical (unpaired) electrons. The van der Waals surface area contributed by atoms with Gasteiger partial charge in [0.1, 0.15) is 17.2 Å². The molecule has 0 aliphatic heterocycles. The van der Waals surface area contributed by atoms with E-state index in [1.807, 2.05) is 37.3 Å². The van der Waals surface area contributed by atoms with Gasteiger partial charge in [0, 0.05) is 41.8 Å². The molecule has 1 atom stereocenters. The van der Waals surface area contributed by atoms with Crippen molar-refractivity contribution >= 4 is 22.9 Å². The van der Waals surface area contributed by atoms with E-state index in [0.717, 1.165) is 17.0 Å². The van der Waals surface area contributed by atoms with Gasteiger partial charge >= 0.3 is 0 Å². The topological polar surface area (TPSA) is 99.6 Å². The summed E-state index contributed by atoms with van der Waals surface area (Å²) < 4.78 is 12.3. The molecule has 4 rings (SSSR count). The number of hydrogen-bond donors (Lipinski definition) is 2. The van der Waals surface area contributed by atoms with E-state index in [4.69, 9.17) is 15.2 Å². The molecule has 1 unspecified atom stereocenters. The number of methoxy groups -OCH3 is 2. The molecule has 0 saturated heterocycles. The predicted molar refractivity (Wildman–Crippen MR) is 108 cm³/mol. The Morgan fingerprint density at radius 2 is 1.93 bits per heavy atom. The highest BCUT2D eigenvalue weighted by atomic mass is 16.5. The quantitative estimate of drug-likeness (QED) is 0.704. The first-order valence-electron chi connectivity index (χ1n) is 8.86. The lowest BCUT2D eigenvalue weighted by Gasteiger charge is -2.24. The Hall–Kier alpha value is -3.39. The number of anilines is 2. The minimum atomic E-state index is -0.406. The zero-order valence-electron chi connectivity index (χ0n) is 16.0. The van der Waals surface area contributed by atoms with Gasteiger partial charge in [0.15, 0.2) is 5.65 Å². The van der Waals surface area contributed by atoms with Crippen LogP contribution in [-0.2, 0) is 0 Å². The minimum absolute atomic E-state index is 0.406. The molecule has 0 spiro atoms. The minimum Gasteiger partial charge on any atom is -0.497 e. The molecule has 0 amide bonds. The van der Waals surface area contributed by atoms with Crippen LogP contribution in [0.5, 0.6) is 11.5 Å². The second kappa shape index (κ2) is 6.97. The third-order valence-corrected chi connectivity index (χ3v) is 4.51. The van der Waals surface area contributed by atoms with E-state index in [0.29, 0.717) is 29.5 Å². The Balaban J connectivity index is 1.70. The molecule has 1 aliphatic rings. The summed E-state index contributed by atoms with van der Waals surface area (Å²) in [6, 6.07) is 5.50. The Kier molecular flexibility index (Phi) is 4.48. The van der Waals surface area contributed by atoms with Crippen LogP contribution < -0.4 is 20.5 Å². The lowest BCUT2D eigenvalue weighted by molar-refractivity contribution is 0.395. The lowest BCUT2D eigenvalue weighted by Crippen LogP contribution is -2.34. The molecular weight excluding hydrogens is 356 g/mol. The van der Waals surface area contributed by atoms with Crippen LogP contribution in [0.4, 0.5) is 11.6 Å². The molecule has 1 aromatic carbocycles. The van der Waals surface area contributed by atoms with Gasteiger partial charge in [-0.05, 0) is 18.9 Å². The standard InChI is InChI=1S/C20H22N6O2/c1-20(21)6-4-5-13(12-20)17-18-24-19(25-26(18)8-7-22-17)23-14-9-15(27-2)11-16(10-14)28-3/h4-11H,12,21H2,1-3H3,(H,23,25). The van der Waals surface area contributed by atoms with E-state index in [-0.39, 0.29) is 0 Å². The molecular formula is C20H22N6O2. The van der Waals surface area contributed by atoms with Crippen molar-refractivity contribution in [3.05, 3.63) is 54.5 Å². The molecule has 28 heavy (non-hydrogen) atoms. The monoisotopic (exact) mass is 378 g/mol. The predicted octanol–water partition coefficient (Wildman–Crippen LogP) is 2.95. The van der Waals surface area contributed by atoms with Crippen LogP contribution in [0.3, 0.4) is 0 Å². The maximum absolute atomic E-state index is 6.28. The van der Waals surface area contributed by atoms with E-state index in [2.05, 4.69) is 20.4 Å². The van der Waals surface area contributed by atoms with Crippen LogP contribution in [-0.4, -0.2) is 39.3 Å². The fourth-order valence-corrected chi connectivity index (χ4v) is 3.18. The summed E-state index contributed by atoms with van der Waals surface area (Å²) in [7, 11) is 3.22. The average molecular weight is 378 g/mol. The second-order valence-corrected chi connectivity index (χ2v) is 6.94. The van der Waals surface area contributed by atoms with Crippen molar-refractivity contribution in [2.24, 2.45) is 5.73 Å². The molecule has 8 heteroatoms. The summed E-state index contributed by atoms with van der Waals surface area (Å²) in [5.74, 6) is 1.80. The Bertz CT molecular complexity index is 1060. The van der Waals surface area contributed by atoms with Crippen molar-refractivity contribution in [3.63, 3.8) is 0 Å². The van der Waals surface area contributed by atoms with Crippen molar-refractivity contribution in [1.29, 1.82) is 0 Å². The van der Waals surface area contributed by atoms with Gasteiger partial charge in [-0.3, -0.25) is 4.98 Å². The van der Waals surface area contributed by atoms with Gasteiger partial charge in [0.2, 0.25) is 5.95 Å². The third kappa shape index (κ3) is 3.54. The Morgan fingerprint density at radius 1 is 1.18 bits per heavy atom. The first-order chi connectivity index (χ1) is 13.5. The van der Waals surface area contributed by atoms with Crippen LogP contribution >= 0.6 is 0 Å². The number of ether oxygens (including phenoxy) is 2. The van der Waals surface area contributed by atoms with Gasteiger partial charge in [0.05, 0.1) is 14.2 Å². The molecule has 0 bridgehead atoms. The number of fused-ring (bicyclic) bond motifs is 1. The fraction of sp³-hybridized carbons (Fsp3) is 0.250. The van der Waals surface area contributed by atoms with E-state index >= 15 is 0 Å². The maximum atomic E-state index is 6.28. The van der Waals surface area contributed by atoms with Crippen molar-refractivity contribution < 1.29 is 9.47 Å². The van der Waals surface area contributed by atoms with Crippen molar-refractivity contribution in [3.8, 4) is 11.5 Å². The lowest BCUT2D eigenvalue weighted by atomic mass is 9.88. The van der Waals surface area contributed by atoms with Crippen LogP contribution in [0.25, 0.3) is 11.2 Å². The molecule has 8 nitrogen and oxygen atoms in total. The van der Waals surface area contributed by atoms with Crippen LogP contribution in [0.15, 0.2) is 48.8 Å². The maximum Gasteiger partial charge on any atom is 0.247 e. The molecule has 3 aromatic rings. The number of nitrogens with zero attached hydrogens (tertiary/aromatic N) is 4. The SMILES string of the molecule is COc1cc(Nc2nc3c(C4=CC=CC(C)(N)C4)nccn3n2)cc(OC)c1. The number of aromatic nitrogens is 4. The molecule has 1 aliphatic carbocycles. The summed E-state index contributed by atoms with van der Waals surface area (Å²) in [6.45, 7) is 1.99. The normalized spacial score (nSPS) is 18.8. The largest absolute Gasteiger partial charge is 0.497 e. The van der Waals surface area contributed by atoms with Crippen molar-refractivity contribution in [2.75, 3.05) is 19.5 Å². The molecule has 2 heterocycles. The number of nitrogens with two attached hydrogens (primary N) is 1. The summed E-state index contributed by atoms with van der Waals surface area (Å²) in [5.41, 5.74) is 9.09. The zero-order valence-corrected chi connectivity index (χ0v) is 16.0. The van der Waals surface area contributed by atoms with Gasteiger partial charge < -0.3 is 20.5 Å². The molecule has 0 fully saturated rings. The number of allylic oxidation sites excluding steroid dienone is 2. The van der Waals surface area contributed by atoms with Crippen molar-refractivity contribution in [1.82, 2.24) is 19.6 Å². The van der Waals surface area contributed by atoms with E-state index in [1.165, 1.54) is 0 Å². The highest BCUT2D eigenvalue weighted by Crippen LogP contribution is 2.30. The first kappa shape index (κ1) is 18.0. The second-order valence-electron chi connectivity index (χ2n) is 6.94. The van der Waals surface area contributed by atoms with E-state index in [9.17, 15) is 0 Å². The molecule has 3 N–H and O–H groups in total. The van der Waals surface area contributed by atoms with Gasteiger partial charge in [-0.1, -0.05) is 18.2 Å². The van der Waals surface area contributed by atoms with Crippen LogP contribution in [0, 0.1) is 0 Å². The van der Waals surface area contributed by atoms with Gasteiger partial charge in [0.25, 0.3) is 0 Å². The highest BCUT2D eigenvalue weighted by Gasteiger charge is 2.23. The van der Waals surface area contributed by atoms with Crippen LogP contribution in [0.1, 0.15) is 19.0 Å². The number of benzene rings is 1. The number of hydrogen-bond acceptors (Lipinski definition) is 7. The number of rotatable bonds is 5. The summed E-state index contributed by atoms with van der Waals surface area (Å²) in [6.07, 6.45) is 10.1. The fourth-order valence-electron chi connectivity index (χ4n) is 3.18. The van der Waals surface area contributed by atoms with E-state index < -0.39 is 5.54 Å². The summed E-state index contributed by atoms with van der Waals surface area (Å²) in [5, 5.41) is 7.71. The first-order valence-corrected chi connectivity index (χ1v) is 8.86. The van der Waals surface area contributed by atoms with Crippen molar-refractivity contribution in [2.45, 2.75) is 18.9 Å². The third-order valence-electron chi connectivity index (χ3n) is 4.51. The average Bonchev–Trinajstić information content (AvgIpc) is 3.09. The zero-order chi connectivity index (χ0) is 19.7. The van der Waals surface area contributed by atoms with Crippen LogP contribution in [0.2, 0.25) is 0 Å². The smallest absolute Gasteiger partial charge is 0.247 e. The van der Waals surface area contributed by atoms with E-state index in [1.54, 1.807) is 37.2 Å². The number of nitrogens with one attached hydrogen (secondary N) is 1. The summed E-state index contributed by atoms with van der Waals surface area (Å²) >= 11 is 0. The Labute approximate surface area is 162 Å². The Morgan fingerprint density at radius 3 is 2.61 bits per heavy atom. The summed E-state index contributed by atoms with van der Waals surface area (Å²) in [4.78, 5) is 9.16. The molecule has 0 saturated carbocycles.